The first kappa shape index (κ1) is 16.3. The smallest absolute Gasteiger partial charge is 0.254 e. The largest absolute Gasteiger partial charge is 0.335 e. The van der Waals surface area contributed by atoms with Crippen molar-refractivity contribution in [2.75, 3.05) is 45.8 Å². The second-order valence-electron chi connectivity index (χ2n) is 6.93. The summed E-state index contributed by atoms with van der Waals surface area (Å²) in [5.41, 5.74) is 0.995. The third-order valence-corrected chi connectivity index (χ3v) is 5.50. The van der Waals surface area contributed by atoms with Gasteiger partial charge in [-0.1, -0.05) is 25.1 Å². The zero-order chi connectivity index (χ0) is 17.4. The number of hydrogen-bond acceptors (Lipinski definition) is 4. The van der Waals surface area contributed by atoms with Gasteiger partial charge >= 0.3 is 0 Å². The Kier molecular flexibility index (Phi) is 4.31. The second-order valence-corrected chi connectivity index (χ2v) is 6.93. The number of carbonyl (C=O) groups excluding carboxylic acids is 1. The summed E-state index contributed by atoms with van der Waals surface area (Å²) in [4.78, 5) is 34.3. The number of H-pyrrole nitrogens is 1. The van der Waals surface area contributed by atoms with E-state index in [-0.39, 0.29) is 11.5 Å². The lowest BCUT2D eigenvalue weighted by Crippen LogP contribution is -2.64. The number of para-hydroxylation sites is 1. The predicted molar refractivity (Wildman–Crippen MR) is 97.9 cm³/mol. The van der Waals surface area contributed by atoms with Gasteiger partial charge in [-0.3, -0.25) is 14.5 Å². The summed E-state index contributed by atoms with van der Waals surface area (Å²) in [5, 5.41) is 0.812. The van der Waals surface area contributed by atoms with E-state index in [0.29, 0.717) is 17.1 Å². The molecule has 1 amide bonds. The van der Waals surface area contributed by atoms with Crippen molar-refractivity contribution in [2.24, 2.45) is 0 Å². The molecule has 2 aromatic rings. The Bertz CT molecular complexity index is 833. The zero-order valence-corrected chi connectivity index (χ0v) is 14.6. The fourth-order valence-electron chi connectivity index (χ4n) is 3.85. The molecule has 0 radical (unpaired) electrons. The highest BCUT2D eigenvalue weighted by molar-refractivity contribution is 6.06. The predicted octanol–water partition coefficient (Wildman–Crippen LogP) is 0.990. The highest BCUT2D eigenvalue weighted by atomic mass is 16.2. The topological polar surface area (TPSA) is 59.6 Å². The van der Waals surface area contributed by atoms with Gasteiger partial charge in [0.15, 0.2) is 0 Å². The Morgan fingerprint density at radius 1 is 1.16 bits per heavy atom. The average molecular weight is 340 g/mol. The molecule has 2 aliphatic heterocycles. The lowest BCUT2D eigenvalue weighted by Gasteiger charge is -2.48. The van der Waals surface area contributed by atoms with E-state index in [1.807, 2.05) is 29.2 Å². The van der Waals surface area contributed by atoms with Gasteiger partial charge in [0, 0.05) is 62.3 Å². The van der Waals surface area contributed by atoms with Crippen molar-refractivity contribution in [3.05, 3.63) is 46.2 Å². The minimum absolute atomic E-state index is 0.0363. The molecule has 0 spiro atoms. The van der Waals surface area contributed by atoms with Crippen molar-refractivity contribution in [3.63, 3.8) is 0 Å². The van der Waals surface area contributed by atoms with Crippen LogP contribution in [0.1, 0.15) is 17.3 Å². The van der Waals surface area contributed by atoms with Crippen LogP contribution in [0.15, 0.2) is 35.1 Å². The molecule has 2 aliphatic rings. The first-order valence-corrected chi connectivity index (χ1v) is 9.03. The summed E-state index contributed by atoms with van der Waals surface area (Å²) in [7, 11) is 0. The van der Waals surface area contributed by atoms with Crippen LogP contribution >= 0.6 is 0 Å². The summed E-state index contributed by atoms with van der Waals surface area (Å²) < 4.78 is 0. The molecule has 0 aliphatic carbocycles. The van der Waals surface area contributed by atoms with E-state index in [1.165, 1.54) is 6.07 Å². The van der Waals surface area contributed by atoms with E-state index >= 15 is 0 Å². The molecule has 3 heterocycles. The molecule has 6 heteroatoms. The third-order valence-electron chi connectivity index (χ3n) is 5.50. The Labute approximate surface area is 147 Å². The van der Waals surface area contributed by atoms with Gasteiger partial charge in [-0.25, -0.2) is 0 Å². The molecule has 2 fully saturated rings. The number of likely N-dealkylation sites (N-methyl/N-ethyl adjacent to an activating group) is 1. The van der Waals surface area contributed by atoms with Gasteiger partial charge < -0.3 is 14.8 Å². The lowest BCUT2D eigenvalue weighted by atomic mass is 10.0. The summed E-state index contributed by atoms with van der Waals surface area (Å²) in [6, 6.07) is 9.36. The quantitative estimate of drug-likeness (QED) is 0.905. The number of fused-ring (bicyclic) bond motifs is 1. The van der Waals surface area contributed by atoms with Gasteiger partial charge in [-0.15, -0.1) is 0 Å². The number of pyridine rings is 1. The van der Waals surface area contributed by atoms with Gasteiger partial charge in [0.05, 0.1) is 5.56 Å². The molecule has 0 bridgehead atoms. The number of aromatic nitrogens is 1. The van der Waals surface area contributed by atoms with E-state index in [4.69, 9.17) is 0 Å². The Morgan fingerprint density at radius 2 is 1.88 bits per heavy atom. The molecule has 132 valence electrons. The Morgan fingerprint density at radius 3 is 2.60 bits per heavy atom. The number of hydrogen-bond donors (Lipinski definition) is 1. The van der Waals surface area contributed by atoms with Crippen molar-refractivity contribution in [3.8, 4) is 0 Å². The molecule has 25 heavy (non-hydrogen) atoms. The normalized spacial score (nSPS) is 20.0. The van der Waals surface area contributed by atoms with Crippen molar-refractivity contribution < 1.29 is 4.79 Å². The number of carbonyl (C=O) groups is 1. The molecular formula is C19H24N4O2. The number of rotatable bonds is 3. The minimum atomic E-state index is -0.227. The van der Waals surface area contributed by atoms with Crippen LogP contribution in [-0.2, 0) is 0 Å². The SMILES string of the molecule is CCN1CCN(C2CN(C(=O)c3cc(=O)[nH]c4ccccc34)C2)CC1. The zero-order valence-electron chi connectivity index (χ0n) is 14.6. The third kappa shape index (κ3) is 3.07. The van der Waals surface area contributed by atoms with Crippen LogP contribution in [0.5, 0.6) is 0 Å². The maximum absolute atomic E-state index is 12.9. The second kappa shape index (κ2) is 6.61. The van der Waals surface area contributed by atoms with Gasteiger partial charge in [-0.2, -0.15) is 0 Å². The number of benzene rings is 1. The number of amides is 1. The van der Waals surface area contributed by atoms with Gasteiger partial charge in [0.1, 0.15) is 0 Å². The minimum Gasteiger partial charge on any atom is -0.335 e. The van der Waals surface area contributed by atoms with Crippen molar-refractivity contribution in [1.82, 2.24) is 19.7 Å². The summed E-state index contributed by atoms with van der Waals surface area (Å²) >= 11 is 0. The van der Waals surface area contributed by atoms with Crippen LogP contribution in [0.4, 0.5) is 0 Å². The number of nitrogens with one attached hydrogen (secondary N) is 1. The van der Waals surface area contributed by atoms with E-state index in [0.717, 1.165) is 51.2 Å². The van der Waals surface area contributed by atoms with Gasteiger partial charge in [-0.05, 0) is 12.6 Å². The Hall–Kier alpha value is -2.18. The Balaban J connectivity index is 1.45. The van der Waals surface area contributed by atoms with Gasteiger partial charge in [0.2, 0.25) is 5.56 Å². The lowest BCUT2D eigenvalue weighted by molar-refractivity contribution is 0.00851. The maximum Gasteiger partial charge on any atom is 0.254 e. The van der Waals surface area contributed by atoms with Crippen LogP contribution in [0.2, 0.25) is 0 Å². The molecule has 1 aromatic carbocycles. The summed E-state index contributed by atoms with van der Waals surface area (Å²) in [6.07, 6.45) is 0. The fourth-order valence-corrected chi connectivity index (χ4v) is 3.85. The molecule has 0 unspecified atom stereocenters. The van der Waals surface area contributed by atoms with E-state index < -0.39 is 0 Å². The summed E-state index contributed by atoms with van der Waals surface area (Å²) in [6.45, 7) is 9.20. The highest BCUT2D eigenvalue weighted by Crippen LogP contribution is 2.22. The highest BCUT2D eigenvalue weighted by Gasteiger charge is 2.36. The molecule has 1 N–H and O–H groups in total. The van der Waals surface area contributed by atoms with Crippen LogP contribution in [0.3, 0.4) is 0 Å². The van der Waals surface area contributed by atoms with E-state index in [2.05, 4.69) is 21.7 Å². The molecule has 2 saturated heterocycles. The van der Waals surface area contributed by atoms with E-state index in [9.17, 15) is 9.59 Å². The molecule has 0 atom stereocenters. The van der Waals surface area contributed by atoms with Crippen molar-refractivity contribution in [1.29, 1.82) is 0 Å². The standard InChI is InChI=1S/C19H24N4O2/c1-2-21-7-9-22(10-8-21)14-12-23(13-14)19(25)16-11-18(24)20-17-6-4-3-5-15(16)17/h3-6,11,14H,2,7-10,12-13H2,1H3,(H,20,24). The number of piperazine rings is 1. The molecule has 6 nitrogen and oxygen atoms in total. The average Bonchev–Trinajstić information content (AvgIpc) is 2.60. The molecule has 0 saturated carbocycles. The molecular weight excluding hydrogens is 316 g/mol. The summed E-state index contributed by atoms with van der Waals surface area (Å²) in [5.74, 6) is -0.0363. The first-order valence-electron chi connectivity index (χ1n) is 9.03. The number of likely N-dealkylation sites (tertiary alicyclic amines) is 1. The molecule has 1 aromatic heterocycles. The van der Waals surface area contributed by atoms with Crippen molar-refractivity contribution in [2.45, 2.75) is 13.0 Å². The van der Waals surface area contributed by atoms with E-state index in [1.54, 1.807) is 0 Å². The van der Waals surface area contributed by atoms with Gasteiger partial charge in [0.25, 0.3) is 5.91 Å². The van der Waals surface area contributed by atoms with Crippen LogP contribution in [-0.4, -0.2) is 77.4 Å². The molecule has 4 rings (SSSR count). The number of nitrogens with zero attached hydrogens (tertiary/aromatic N) is 3. The van der Waals surface area contributed by atoms with Crippen LogP contribution in [0.25, 0.3) is 10.9 Å². The first-order chi connectivity index (χ1) is 12.2. The monoisotopic (exact) mass is 340 g/mol. The van der Waals surface area contributed by atoms with Crippen LogP contribution in [0, 0.1) is 0 Å². The van der Waals surface area contributed by atoms with Crippen molar-refractivity contribution >= 4 is 16.8 Å². The maximum atomic E-state index is 12.9. The number of aromatic amines is 1. The fraction of sp³-hybridized carbons (Fsp3) is 0.474. The van der Waals surface area contributed by atoms with Crippen LogP contribution < -0.4 is 5.56 Å².